The van der Waals surface area contributed by atoms with Crippen molar-refractivity contribution < 1.29 is 13.2 Å². The van der Waals surface area contributed by atoms with Gasteiger partial charge in [-0.2, -0.15) is 0 Å². The van der Waals surface area contributed by atoms with Gasteiger partial charge in [0, 0.05) is 11.1 Å². The summed E-state index contributed by atoms with van der Waals surface area (Å²) in [4.78, 5) is 0.323. The molecule has 124 valence electrons. The van der Waals surface area contributed by atoms with Crippen molar-refractivity contribution in [3.8, 4) is 0 Å². The quantitative estimate of drug-likeness (QED) is 0.607. The first kappa shape index (κ1) is 17.1. The zero-order valence-electron chi connectivity index (χ0n) is 12.8. The molecular weight excluding hydrogens is 350 g/mol. The van der Waals surface area contributed by atoms with Gasteiger partial charge in [-0.1, -0.05) is 41.1 Å². The highest BCUT2D eigenvalue weighted by molar-refractivity contribution is 8.68. The third kappa shape index (κ3) is 3.53. The summed E-state index contributed by atoms with van der Waals surface area (Å²) < 4.78 is 33.5. The average Bonchev–Trinajstić information content (AvgIpc) is 2.50. The van der Waals surface area contributed by atoms with Gasteiger partial charge in [-0.3, -0.25) is 0 Å². The van der Waals surface area contributed by atoms with Crippen molar-refractivity contribution >= 4 is 43.3 Å². The van der Waals surface area contributed by atoms with Gasteiger partial charge in [-0.05, 0) is 30.4 Å². The maximum absolute atomic E-state index is 12.8. The maximum Gasteiger partial charge on any atom is 0.241 e. The number of benzene rings is 2. The highest BCUT2D eigenvalue weighted by atomic mass is 33.1. The van der Waals surface area contributed by atoms with E-state index in [1.807, 2.05) is 37.3 Å². The number of fused-ring (bicyclic) bond motifs is 1. The second-order valence-corrected chi connectivity index (χ2v) is 9.10. The van der Waals surface area contributed by atoms with Crippen molar-refractivity contribution in [3.05, 3.63) is 42.0 Å². The lowest BCUT2D eigenvalue weighted by atomic mass is 10.0. The second kappa shape index (κ2) is 6.64. The van der Waals surface area contributed by atoms with E-state index >= 15 is 0 Å². The van der Waals surface area contributed by atoms with E-state index in [-0.39, 0.29) is 0 Å². The van der Waals surface area contributed by atoms with Crippen molar-refractivity contribution in [2.24, 2.45) is 0 Å². The Balaban J connectivity index is 2.04. The molecule has 2 aromatic rings. The summed E-state index contributed by atoms with van der Waals surface area (Å²) in [5, 5.41) is 1.73. The first-order valence-corrected chi connectivity index (χ1v) is 10.9. The fourth-order valence-corrected chi connectivity index (χ4v) is 4.96. The Morgan fingerprint density at radius 1 is 1.22 bits per heavy atom. The van der Waals surface area contributed by atoms with E-state index in [1.54, 1.807) is 6.07 Å². The topological polar surface area (TPSA) is 55.4 Å². The van der Waals surface area contributed by atoms with Gasteiger partial charge < -0.3 is 4.74 Å². The van der Waals surface area contributed by atoms with Gasteiger partial charge >= 0.3 is 0 Å². The molecule has 1 saturated heterocycles. The number of sulfonamides is 1. The van der Waals surface area contributed by atoms with Crippen LogP contribution in [0.5, 0.6) is 0 Å². The summed E-state index contributed by atoms with van der Waals surface area (Å²) in [5.41, 5.74) is 0.626. The van der Waals surface area contributed by atoms with Crippen LogP contribution in [0, 0.1) is 0 Å². The van der Waals surface area contributed by atoms with Crippen LogP contribution in [0.25, 0.3) is 10.8 Å². The molecule has 0 bridgehead atoms. The molecule has 0 atom stereocenters. The molecule has 0 aromatic heterocycles. The van der Waals surface area contributed by atoms with Crippen LogP contribution >= 0.6 is 22.5 Å². The standard InChI is InChI=1S/C16H19NO3S3/c1-16(10-20-11-16)17-23(18,19)15-7-6-12(8-9-22-21)13-4-2-3-5-14(13)15/h2-7,17,21H,8-11H2,1H3. The molecule has 1 aliphatic rings. The minimum atomic E-state index is -3.59. The van der Waals surface area contributed by atoms with Crippen molar-refractivity contribution in [2.75, 3.05) is 19.0 Å². The predicted octanol–water partition coefficient (Wildman–Crippen LogP) is 3.03. The molecule has 2 aromatic carbocycles. The summed E-state index contributed by atoms with van der Waals surface area (Å²) in [5.74, 6) is 0.882. The summed E-state index contributed by atoms with van der Waals surface area (Å²) in [6, 6.07) is 11.2. The molecule has 23 heavy (non-hydrogen) atoms. The SMILES string of the molecule is CC1(NS(=O)(=O)c2ccc(CCSS)c3ccccc23)COC1. The van der Waals surface area contributed by atoms with E-state index in [0.717, 1.165) is 28.5 Å². The highest BCUT2D eigenvalue weighted by Gasteiger charge is 2.38. The molecule has 0 aliphatic carbocycles. The van der Waals surface area contributed by atoms with E-state index in [0.29, 0.717) is 18.1 Å². The normalized spacial score (nSPS) is 17.1. The molecular formula is C16H19NO3S3. The minimum absolute atomic E-state index is 0.323. The van der Waals surface area contributed by atoms with Gasteiger partial charge in [0.15, 0.2) is 0 Å². The van der Waals surface area contributed by atoms with Crippen LogP contribution in [0.2, 0.25) is 0 Å². The Bertz CT molecular complexity index is 816. The third-order valence-electron chi connectivity index (χ3n) is 3.95. The monoisotopic (exact) mass is 369 g/mol. The number of hydrogen-bond donors (Lipinski definition) is 2. The van der Waals surface area contributed by atoms with Crippen LogP contribution in [0.15, 0.2) is 41.3 Å². The predicted molar refractivity (Wildman–Crippen MR) is 98.6 cm³/mol. The third-order valence-corrected chi connectivity index (χ3v) is 6.58. The zero-order valence-corrected chi connectivity index (χ0v) is 15.3. The first-order chi connectivity index (χ1) is 11.0. The van der Waals surface area contributed by atoms with Crippen LogP contribution < -0.4 is 4.72 Å². The number of ether oxygens (including phenoxy) is 1. The second-order valence-electron chi connectivity index (χ2n) is 6.01. The number of rotatable bonds is 6. The molecule has 0 radical (unpaired) electrons. The highest BCUT2D eigenvalue weighted by Crippen LogP contribution is 2.29. The molecule has 4 nitrogen and oxygen atoms in total. The van der Waals surface area contributed by atoms with Crippen LogP contribution in [0.4, 0.5) is 0 Å². The van der Waals surface area contributed by atoms with Crippen molar-refractivity contribution in [1.82, 2.24) is 4.72 Å². The first-order valence-electron chi connectivity index (χ1n) is 7.34. The number of hydrogen-bond acceptors (Lipinski definition) is 5. The fraction of sp³-hybridized carbons (Fsp3) is 0.375. The molecule has 0 saturated carbocycles. The van der Waals surface area contributed by atoms with Crippen LogP contribution in [0.3, 0.4) is 0 Å². The van der Waals surface area contributed by atoms with Gasteiger partial charge in [0.1, 0.15) is 0 Å². The number of aryl methyl sites for hydroxylation is 1. The zero-order chi connectivity index (χ0) is 16.5. The van der Waals surface area contributed by atoms with Crippen molar-refractivity contribution in [1.29, 1.82) is 0 Å². The van der Waals surface area contributed by atoms with Gasteiger partial charge in [0.05, 0.1) is 23.6 Å². The van der Waals surface area contributed by atoms with Gasteiger partial charge in [-0.25, -0.2) is 13.1 Å². The Labute approximate surface area is 145 Å². The number of nitrogens with one attached hydrogen (secondary N) is 1. The lowest BCUT2D eigenvalue weighted by Crippen LogP contribution is -2.59. The van der Waals surface area contributed by atoms with E-state index in [1.165, 1.54) is 10.8 Å². The summed E-state index contributed by atoms with van der Waals surface area (Å²) in [6.45, 7) is 2.66. The molecule has 0 amide bonds. The van der Waals surface area contributed by atoms with Gasteiger partial charge in [0.25, 0.3) is 0 Å². The van der Waals surface area contributed by atoms with E-state index < -0.39 is 15.6 Å². The fourth-order valence-electron chi connectivity index (χ4n) is 2.79. The molecule has 1 N–H and O–H groups in total. The number of thiol groups is 1. The van der Waals surface area contributed by atoms with Crippen molar-refractivity contribution in [2.45, 2.75) is 23.8 Å². The summed E-state index contributed by atoms with van der Waals surface area (Å²) in [7, 11) is -2.11. The maximum atomic E-state index is 12.8. The van der Waals surface area contributed by atoms with Crippen molar-refractivity contribution in [3.63, 3.8) is 0 Å². The molecule has 1 fully saturated rings. The van der Waals surface area contributed by atoms with Crippen LogP contribution in [-0.4, -0.2) is 32.9 Å². The van der Waals surface area contributed by atoms with E-state index in [4.69, 9.17) is 4.74 Å². The Kier molecular flexibility index (Phi) is 4.94. The smallest absolute Gasteiger partial charge is 0.241 e. The van der Waals surface area contributed by atoms with Crippen LogP contribution in [-0.2, 0) is 21.2 Å². The van der Waals surface area contributed by atoms with E-state index in [2.05, 4.69) is 16.4 Å². The molecule has 7 heteroatoms. The van der Waals surface area contributed by atoms with Gasteiger partial charge in [0.2, 0.25) is 10.0 Å². The average molecular weight is 370 g/mol. The summed E-state index contributed by atoms with van der Waals surface area (Å²) >= 11 is 4.17. The van der Waals surface area contributed by atoms with Gasteiger partial charge in [-0.15, -0.1) is 11.7 Å². The molecule has 3 rings (SSSR count). The molecule has 1 aliphatic heterocycles. The lowest BCUT2D eigenvalue weighted by Gasteiger charge is -2.38. The lowest BCUT2D eigenvalue weighted by molar-refractivity contribution is -0.0523. The Morgan fingerprint density at radius 3 is 2.52 bits per heavy atom. The Morgan fingerprint density at radius 2 is 1.91 bits per heavy atom. The molecule has 0 spiro atoms. The molecule has 1 heterocycles. The van der Waals surface area contributed by atoms with Crippen LogP contribution in [0.1, 0.15) is 12.5 Å². The molecule has 0 unspecified atom stereocenters. The Hall–Kier alpha value is -0.730. The largest absolute Gasteiger partial charge is 0.377 e. The minimum Gasteiger partial charge on any atom is -0.377 e. The summed E-state index contributed by atoms with van der Waals surface area (Å²) in [6.07, 6.45) is 0.855. The van der Waals surface area contributed by atoms with E-state index in [9.17, 15) is 8.42 Å².